The minimum absolute atomic E-state index is 0.00319. The number of halogens is 1. The fourth-order valence-corrected chi connectivity index (χ4v) is 2.30. The molecule has 0 aliphatic heterocycles. The third-order valence-electron chi connectivity index (χ3n) is 3.55. The number of anilines is 3. The van der Waals surface area contributed by atoms with Crippen LogP contribution < -0.4 is 16.0 Å². The van der Waals surface area contributed by atoms with Gasteiger partial charge < -0.3 is 16.0 Å². The number of hydrogen-bond acceptors (Lipinski definition) is 5. The van der Waals surface area contributed by atoms with Crippen LogP contribution in [0.2, 0.25) is 0 Å². The highest BCUT2D eigenvalue weighted by atomic mass is 19.1. The van der Waals surface area contributed by atoms with Gasteiger partial charge in [-0.25, -0.2) is 4.39 Å². The normalized spacial score (nSPS) is 10.1. The molecule has 0 radical (unpaired) electrons. The molecule has 2 amide bonds. The first-order chi connectivity index (χ1) is 12.8. The average molecular weight is 374 g/mol. The Hall–Kier alpha value is -3.49. The van der Waals surface area contributed by atoms with E-state index in [1.54, 1.807) is 12.1 Å². The molecule has 0 bridgehead atoms. The van der Waals surface area contributed by atoms with Gasteiger partial charge in [0.2, 0.25) is 11.8 Å². The third-order valence-corrected chi connectivity index (χ3v) is 3.55. The molecule has 9 heteroatoms. The van der Waals surface area contributed by atoms with Crippen LogP contribution in [0, 0.1) is 15.9 Å². The Morgan fingerprint density at radius 3 is 2.37 bits per heavy atom. The molecule has 27 heavy (non-hydrogen) atoms. The minimum Gasteiger partial charge on any atom is -0.385 e. The molecule has 0 aromatic heterocycles. The van der Waals surface area contributed by atoms with E-state index in [1.165, 1.54) is 31.2 Å². The maximum absolute atomic E-state index is 13.8. The zero-order valence-corrected chi connectivity index (χ0v) is 14.6. The Kier molecular flexibility index (Phi) is 6.81. The molecule has 8 nitrogen and oxygen atoms in total. The van der Waals surface area contributed by atoms with E-state index in [0.717, 1.165) is 6.07 Å². The maximum Gasteiger partial charge on any atom is 0.269 e. The summed E-state index contributed by atoms with van der Waals surface area (Å²) in [6.45, 7) is 1.80. The molecular weight excluding hydrogens is 355 g/mol. The average Bonchev–Trinajstić information content (AvgIpc) is 2.61. The van der Waals surface area contributed by atoms with Gasteiger partial charge in [-0.1, -0.05) is 0 Å². The second kappa shape index (κ2) is 9.27. The van der Waals surface area contributed by atoms with Gasteiger partial charge in [0.1, 0.15) is 5.82 Å². The highest BCUT2D eigenvalue weighted by molar-refractivity contribution is 5.93. The second-order valence-corrected chi connectivity index (χ2v) is 5.76. The lowest BCUT2D eigenvalue weighted by Crippen LogP contribution is -2.15. The largest absolute Gasteiger partial charge is 0.385 e. The number of benzene rings is 2. The SMILES string of the molecule is CC(=O)Nc1ccc(F)c(NC(=O)CCCNc2ccc([N+](=O)[O-])cc2)c1. The van der Waals surface area contributed by atoms with Gasteiger partial charge in [0.15, 0.2) is 0 Å². The molecule has 0 spiro atoms. The van der Waals surface area contributed by atoms with E-state index in [-0.39, 0.29) is 29.6 Å². The molecule has 2 aromatic carbocycles. The molecule has 0 heterocycles. The number of nitro groups is 1. The first kappa shape index (κ1) is 19.8. The van der Waals surface area contributed by atoms with Crippen LogP contribution in [0.1, 0.15) is 19.8 Å². The van der Waals surface area contributed by atoms with Crippen molar-refractivity contribution in [2.75, 3.05) is 22.5 Å². The second-order valence-electron chi connectivity index (χ2n) is 5.76. The topological polar surface area (TPSA) is 113 Å². The molecular formula is C18H19FN4O4. The van der Waals surface area contributed by atoms with E-state index in [4.69, 9.17) is 0 Å². The van der Waals surface area contributed by atoms with Crippen molar-refractivity contribution in [2.45, 2.75) is 19.8 Å². The number of nitrogens with one attached hydrogen (secondary N) is 3. The van der Waals surface area contributed by atoms with Gasteiger partial charge in [0.05, 0.1) is 10.6 Å². The van der Waals surface area contributed by atoms with Crippen LogP contribution >= 0.6 is 0 Å². The molecule has 0 unspecified atom stereocenters. The van der Waals surface area contributed by atoms with Gasteiger partial charge in [0.25, 0.3) is 5.69 Å². The number of nitro benzene ring substituents is 1. The Morgan fingerprint density at radius 2 is 1.74 bits per heavy atom. The number of amides is 2. The monoisotopic (exact) mass is 374 g/mol. The molecule has 3 N–H and O–H groups in total. The molecule has 0 aliphatic rings. The first-order valence-corrected chi connectivity index (χ1v) is 8.20. The van der Waals surface area contributed by atoms with Crippen LogP contribution in [0.3, 0.4) is 0 Å². The summed E-state index contributed by atoms with van der Waals surface area (Å²) in [7, 11) is 0. The quantitative estimate of drug-likeness (QED) is 0.372. The number of hydrogen-bond donors (Lipinski definition) is 3. The molecule has 0 saturated carbocycles. The Morgan fingerprint density at radius 1 is 1.07 bits per heavy atom. The molecule has 0 atom stereocenters. The van der Waals surface area contributed by atoms with E-state index < -0.39 is 10.7 Å². The molecule has 142 valence electrons. The molecule has 2 rings (SSSR count). The van der Waals surface area contributed by atoms with Crippen molar-refractivity contribution in [3.63, 3.8) is 0 Å². The van der Waals surface area contributed by atoms with Crippen molar-refractivity contribution in [1.29, 1.82) is 0 Å². The minimum atomic E-state index is -0.596. The van der Waals surface area contributed by atoms with Crippen LogP contribution in [0.5, 0.6) is 0 Å². The predicted octanol–water partition coefficient (Wildman–Crippen LogP) is 3.52. The maximum atomic E-state index is 13.8. The van der Waals surface area contributed by atoms with Crippen LogP contribution in [-0.4, -0.2) is 23.3 Å². The van der Waals surface area contributed by atoms with E-state index in [9.17, 15) is 24.1 Å². The van der Waals surface area contributed by atoms with E-state index in [1.807, 2.05) is 0 Å². The summed E-state index contributed by atoms with van der Waals surface area (Å²) in [6.07, 6.45) is 0.639. The van der Waals surface area contributed by atoms with Gasteiger partial charge in [-0.05, 0) is 36.8 Å². The van der Waals surface area contributed by atoms with Crippen molar-refractivity contribution in [3.8, 4) is 0 Å². The molecule has 2 aromatic rings. The van der Waals surface area contributed by atoms with E-state index >= 15 is 0 Å². The number of non-ortho nitro benzene ring substituents is 1. The predicted molar refractivity (Wildman–Crippen MR) is 100 cm³/mol. The number of carbonyl (C=O) groups is 2. The Labute approximate surface area is 154 Å². The van der Waals surface area contributed by atoms with E-state index in [2.05, 4.69) is 16.0 Å². The first-order valence-electron chi connectivity index (χ1n) is 8.20. The summed E-state index contributed by atoms with van der Waals surface area (Å²) in [5.41, 5.74) is 1.09. The molecule has 0 fully saturated rings. The molecule has 0 saturated heterocycles. The zero-order chi connectivity index (χ0) is 19.8. The summed E-state index contributed by atoms with van der Waals surface area (Å²) in [5.74, 6) is -1.25. The lowest BCUT2D eigenvalue weighted by atomic mass is 10.2. The van der Waals surface area contributed by atoms with Gasteiger partial charge in [-0.15, -0.1) is 0 Å². The van der Waals surface area contributed by atoms with Crippen molar-refractivity contribution in [3.05, 3.63) is 58.4 Å². The van der Waals surface area contributed by atoms with Gasteiger partial charge in [0, 0.05) is 43.4 Å². The fourth-order valence-electron chi connectivity index (χ4n) is 2.30. The third kappa shape index (κ3) is 6.38. The van der Waals surface area contributed by atoms with Crippen LogP contribution in [0.25, 0.3) is 0 Å². The lowest BCUT2D eigenvalue weighted by Gasteiger charge is -2.10. The number of rotatable bonds is 8. The highest BCUT2D eigenvalue weighted by Crippen LogP contribution is 2.20. The summed E-state index contributed by atoms with van der Waals surface area (Å²) in [6, 6.07) is 9.86. The Balaban J connectivity index is 1.79. The fraction of sp³-hybridized carbons (Fsp3) is 0.222. The van der Waals surface area contributed by atoms with Crippen LogP contribution in [0.15, 0.2) is 42.5 Å². The zero-order valence-electron chi connectivity index (χ0n) is 14.6. The van der Waals surface area contributed by atoms with Gasteiger partial charge in [-0.3, -0.25) is 19.7 Å². The van der Waals surface area contributed by atoms with Crippen LogP contribution in [0.4, 0.5) is 27.1 Å². The van der Waals surface area contributed by atoms with Gasteiger partial charge in [-0.2, -0.15) is 0 Å². The summed E-state index contributed by atoms with van der Waals surface area (Å²) in [4.78, 5) is 33.1. The van der Waals surface area contributed by atoms with Crippen molar-refractivity contribution in [1.82, 2.24) is 0 Å². The summed E-state index contributed by atoms with van der Waals surface area (Å²) < 4.78 is 13.8. The Bertz CT molecular complexity index is 840. The lowest BCUT2D eigenvalue weighted by molar-refractivity contribution is -0.384. The smallest absolute Gasteiger partial charge is 0.269 e. The summed E-state index contributed by atoms with van der Waals surface area (Å²) in [5, 5.41) is 18.6. The van der Waals surface area contributed by atoms with Crippen molar-refractivity contribution >= 4 is 34.6 Å². The summed E-state index contributed by atoms with van der Waals surface area (Å²) >= 11 is 0. The van der Waals surface area contributed by atoms with Crippen molar-refractivity contribution in [2.24, 2.45) is 0 Å². The van der Waals surface area contributed by atoms with Crippen LogP contribution in [-0.2, 0) is 9.59 Å². The van der Waals surface area contributed by atoms with E-state index in [0.29, 0.717) is 24.3 Å². The molecule has 0 aliphatic carbocycles. The highest BCUT2D eigenvalue weighted by Gasteiger charge is 2.09. The number of carbonyl (C=O) groups excluding carboxylic acids is 2. The number of nitrogens with zero attached hydrogens (tertiary/aromatic N) is 1. The van der Waals surface area contributed by atoms with Gasteiger partial charge >= 0.3 is 0 Å². The van der Waals surface area contributed by atoms with Crippen molar-refractivity contribution < 1.29 is 18.9 Å². The standard InChI is InChI=1S/C18H19FN4O4/c1-12(24)21-14-6-9-16(19)17(11-14)22-18(25)3-2-10-20-13-4-7-15(8-5-13)23(26)27/h4-9,11,20H,2-3,10H2,1H3,(H,21,24)(H,22,25).